The van der Waals surface area contributed by atoms with E-state index in [1.165, 1.54) is 0 Å². The van der Waals surface area contributed by atoms with Crippen molar-refractivity contribution < 1.29 is 0 Å². The highest BCUT2D eigenvalue weighted by atomic mass is 16.1. The predicted molar refractivity (Wildman–Crippen MR) is 91.4 cm³/mol. The molecule has 0 amide bonds. The summed E-state index contributed by atoms with van der Waals surface area (Å²) in [6.45, 7) is 0. The Bertz CT molecular complexity index is 1200. The van der Waals surface area contributed by atoms with Crippen molar-refractivity contribution in [3.05, 3.63) is 81.1 Å². The third-order valence-corrected chi connectivity index (χ3v) is 4.58. The second-order valence-corrected chi connectivity index (χ2v) is 5.66. The van der Waals surface area contributed by atoms with Crippen LogP contribution in [0.4, 0.5) is 0 Å². The third kappa shape index (κ3) is 1.21. The average molecular weight is 282 g/mol. The summed E-state index contributed by atoms with van der Waals surface area (Å²) in [5, 5.41) is 6.12. The topological polar surface area (TPSA) is 34.1 Å². The maximum atomic E-state index is 12.8. The number of fused-ring (bicyclic) bond motifs is 7. The molecule has 0 heterocycles. The molecule has 5 aromatic rings. The Morgan fingerprint density at radius 3 is 1.18 bits per heavy atom. The SMILES string of the molecule is O=c1c2ccccc2c2ccc3c4ccccc4c(=O)c3c12. The van der Waals surface area contributed by atoms with Crippen LogP contribution in [0.1, 0.15) is 0 Å². The number of rotatable bonds is 0. The molecule has 0 radical (unpaired) electrons. The van der Waals surface area contributed by atoms with Crippen LogP contribution in [0.2, 0.25) is 0 Å². The Morgan fingerprint density at radius 1 is 0.409 bits per heavy atom. The van der Waals surface area contributed by atoms with Gasteiger partial charge in [-0.15, -0.1) is 0 Å². The van der Waals surface area contributed by atoms with Crippen molar-refractivity contribution in [3.8, 4) is 0 Å². The van der Waals surface area contributed by atoms with Crippen molar-refractivity contribution in [2.75, 3.05) is 0 Å². The second kappa shape index (κ2) is 3.80. The second-order valence-electron chi connectivity index (χ2n) is 5.66. The van der Waals surface area contributed by atoms with E-state index in [-0.39, 0.29) is 10.9 Å². The van der Waals surface area contributed by atoms with Crippen LogP contribution < -0.4 is 10.9 Å². The van der Waals surface area contributed by atoms with E-state index in [0.717, 1.165) is 21.5 Å². The van der Waals surface area contributed by atoms with Gasteiger partial charge in [-0.1, -0.05) is 60.7 Å². The standard InChI is InChI=1S/C20H10O2/c21-19-15-7-3-1-5-11(15)13-9-10-14-12-6-2-4-8-16(12)20(22)18(14)17(13)19/h1-10H. The highest BCUT2D eigenvalue weighted by Gasteiger charge is 2.17. The Hall–Kier alpha value is -3.00. The van der Waals surface area contributed by atoms with E-state index in [9.17, 15) is 9.59 Å². The van der Waals surface area contributed by atoms with E-state index in [1.54, 1.807) is 0 Å². The van der Waals surface area contributed by atoms with E-state index in [4.69, 9.17) is 0 Å². The minimum atomic E-state index is -0.0383. The predicted octanol–water partition coefficient (Wildman–Crippen LogP) is 3.90. The van der Waals surface area contributed by atoms with Gasteiger partial charge in [0.2, 0.25) is 0 Å². The van der Waals surface area contributed by atoms with Gasteiger partial charge in [0.15, 0.2) is 10.9 Å². The van der Waals surface area contributed by atoms with Crippen LogP contribution in [-0.4, -0.2) is 0 Å². The Kier molecular flexibility index (Phi) is 2.01. The zero-order chi connectivity index (χ0) is 14.8. The lowest BCUT2D eigenvalue weighted by Crippen LogP contribution is -2.00. The molecule has 0 saturated carbocycles. The molecule has 2 nitrogen and oxygen atoms in total. The summed E-state index contributed by atoms with van der Waals surface area (Å²) in [6, 6.07) is 19.0. The lowest BCUT2D eigenvalue weighted by Gasteiger charge is -1.94. The summed E-state index contributed by atoms with van der Waals surface area (Å²) in [5.41, 5.74) is -0.0767. The van der Waals surface area contributed by atoms with Gasteiger partial charge in [0, 0.05) is 21.5 Å². The third-order valence-electron chi connectivity index (χ3n) is 4.58. The van der Waals surface area contributed by atoms with Gasteiger partial charge in [0.1, 0.15) is 0 Å². The van der Waals surface area contributed by atoms with Gasteiger partial charge < -0.3 is 0 Å². The van der Waals surface area contributed by atoms with Gasteiger partial charge in [-0.3, -0.25) is 9.59 Å². The first-order valence-corrected chi connectivity index (χ1v) is 7.22. The van der Waals surface area contributed by atoms with Crippen LogP contribution in [0.5, 0.6) is 0 Å². The molecule has 5 rings (SSSR count). The fraction of sp³-hybridized carbons (Fsp3) is 0. The molecule has 0 aromatic heterocycles. The minimum absolute atomic E-state index is 0.0383. The van der Waals surface area contributed by atoms with Crippen molar-refractivity contribution in [1.29, 1.82) is 0 Å². The Balaban J connectivity index is 2.23. The van der Waals surface area contributed by atoms with Crippen molar-refractivity contribution in [1.82, 2.24) is 0 Å². The van der Waals surface area contributed by atoms with Gasteiger partial charge in [-0.2, -0.15) is 0 Å². The number of benzene rings is 3. The van der Waals surface area contributed by atoms with Gasteiger partial charge in [-0.25, -0.2) is 0 Å². The summed E-state index contributed by atoms with van der Waals surface area (Å²) in [7, 11) is 0. The maximum absolute atomic E-state index is 12.8. The van der Waals surface area contributed by atoms with E-state index in [1.807, 2.05) is 60.7 Å². The zero-order valence-corrected chi connectivity index (χ0v) is 11.6. The molecule has 0 aliphatic rings. The largest absolute Gasteiger partial charge is 0.289 e. The summed E-state index contributed by atoms with van der Waals surface area (Å²) in [6.07, 6.45) is 0. The van der Waals surface area contributed by atoms with Gasteiger partial charge in [0.25, 0.3) is 0 Å². The van der Waals surface area contributed by atoms with Crippen LogP contribution in [0.3, 0.4) is 0 Å². The van der Waals surface area contributed by atoms with Gasteiger partial charge in [-0.05, 0) is 21.5 Å². The molecule has 2 heteroatoms. The van der Waals surface area contributed by atoms with Crippen LogP contribution in [0, 0.1) is 0 Å². The van der Waals surface area contributed by atoms with Crippen molar-refractivity contribution in [2.24, 2.45) is 0 Å². The first kappa shape index (κ1) is 11.6. The van der Waals surface area contributed by atoms with Crippen molar-refractivity contribution in [3.63, 3.8) is 0 Å². The summed E-state index contributed by atoms with van der Waals surface area (Å²) in [4.78, 5) is 25.6. The summed E-state index contributed by atoms with van der Waals surface area (Å²) < 4.78 is 0. The van der Waals surface area contributed by atoms with Gasteiger partial charge >= 0.3 is 0 Å². The first-order valence-electron chi connectivity index (χ1n) is 7.22. The van der Waals surface area contributed by atoms with Crippen LogP contribution in [0.15, 0.2) is 70.3 Å². The smallest absolute Gasteiger partial charge is 0.195 e. The highest BCUT2D eigenvalue weighted by Crippen LogP contribution is 2.32. The first-order chi connectivity index (χ1) is 10.8. The lowest BCUT2D eigenvalue weighted by atomic mass is 10.1. The van der Waals surface area contributed by atoms with Crippen molar-refractivity contribution >= 4 is 43.1 Å². The van der Waals surface area contributed by atoms with Crippen LogP contribution in [-0.2, 0) is 0 Å². The molecule has 0 aliphatic heterocycles. The molecule has 0 bridgehead atoms. The number of hydrogen-bond acceptors (Lipinski definition) is 2. The van der Waals surface area contributed by atoms with E-state index in [0.29, 0.717) is 21.5 Å². The molecule has 0 spiro atoms. The highest BCUT2D eigenvalue weighted by molar-refractivity contribution is 6.26. The normalized spacial score (nSPS) is 12.0. The van der Waals surface area contributed by atoms with Crippen LogP contribution >= 0.6 is 0 Å². The lowest BCUT2D eigenvalue weighted by molar-refractivity contribution is 1.80. The number of hydrogen-bond donors (Lipinski definition) is 0. The molecule has 0 saturated heterocycles. The van der Waals surface area contributed by atoms with E-state index >= 15 is 0 Å². The van der Waals surface area contributed by atoms with Crippen molar-refractivity contribution in [2.45, 2.75) is 0 Å². The molecule has 0 aliphatic carbocycles. The minimum Gasteiger partial charge on any atom is -0.289 e. The quantitative estimate of drug-likeness (QED) is 0.432. The molecule has 0 fully saturated rings. The summed E-state index contributed by atoms with van der Waals surface area (Å²) in [5.74, 6) is 0. The molecule has 5 aromatic carbocycles. The molecule has 22 heavy (non-hydrogen) atoms. The molecule has 0 atom stereocenters. The van der Waals surface area contributed by atoms with Crippen LogP contribution in [0.25, 0.3) is 43.1 Å². The van der Waals surface area contributed by atoms with E-state index in [2.05, 4.69) is 0 Å². The maximum Gasteiger partial charge on any atom is 0.195 e. The molecule has 0 unspecified atom stereocenters. The average Bonchev–Trinajstić information content (AvgIpc) is 3.02. The monoisotopic (exact) mass is 282 g/mol. The molecular weight excluding hydrogens is 272 g/mol. The Morgan fingerprint density at radius 2 is 0.773 bits per heavy atom. The zero-order valence-electron chi connectivity index (χ0n) is 11.6. The summed E-state index contributed by atoms with van der Waals surface area (Å²) >= 11 is 0. The van der Waals surface area contributed by atoms with Gasteiger partial charge in [0.05, 0.1) is 0 Å². The fourth-order valence-corrected chi connectivity index (χ4v) is 3.62. The molecule has 0 N–H and O–H groups in total. The molecular formula is C20H10O2. The molecule has 102 valence electrons. The fourth-order valence-electron chi connectivity index (χ4n) is 3.62. The van der Waals surface area contributed by atoms with E-state index < -0.39 is 0 Å². The Labute approximate surface area is 124 Å².